The number of tetrazole rings is 1. The Morgan fingerprint density at radius 2 is 2.20 bits per heavy atom. The Morgan fingerprint density at radius 1 is 1.30 bits per heavy atom. The number of rotatable bonds is 3. The fraction of sp³-hybridized carbons (Fsp3) is 0.0833. The van der Waals surface area contributed by atoms with Crippen LogP contribution in [0.2, 0.25) is 0 Å². The minimum absolute atomic E-state index is 0.143. The lowest BCUT2D eigenvalue weighted by molar-refractivity contribution is -0.114. The van der Waals surface area contributed by atoms with Gasteiger partial charge in [-0.15, -0.1) is 14.8 Å². The Bertz CT molecular complexity index is 769. The Labute approximate surface area is 113 Å². The number of carbonyl (C=O) groups is 1. The molecule has 0 spiro atoms. The summed E-state index contributed by atoms with van der Waals surface area (Å²) in [7, 11) is 0. The second-order valence-corrected chi connectivity index (χ2v) is 4.01. The standard InChI is InChI=1S/C12H10N6O2/c1-8(19)13-9-3-2-4-10(7-9)20-12-6-5-11-14-16-17-18(11)15-12/h2-7H,1H3,(H,13,19). The first-order chi connectivity index (χ1) is 9.70. The maximum Gasteiger partial charge on any atom is 0.239 e. The van der Waals surface area contributed by atoms with E-state index in [4.69, 9.17) is 4.74 Å². The molecule has 2 aromatic heterocycles. The first-order valence-electron chi connectivity index (χ1n) is 5.82. The normalized spacial score (nSPS) is 10.4. The van der Waals surface area contributed by atoms with Crippen LogP contribution < -0.4 is 10.1 Å². The summed E-state index contributed by atoms with van der Waals surface area (Å²) in [4.78, 5) is 11.0. The van der Waals surface area contributed by atoms with E-state index in [0.717, 1.165) is 0 Å². The monoisotopic (exact) mass is 270 g/mol. The van der Waals surface area contributed by atoms with Crippen LogP contribution in [0.25, 0.3) is 5.65 Å². The van der Waals surface area contributed by atoms with Crippen molar-refractivity contribution in [3.05, 3.63) is 36.4 Å². The van der Waals surface area contributed by atoms with Crippen molar-refractivity contribution in [3.63, 3.8) is 0 Å². The zero-order valence-electron chi connectivity index (χ0n) is 10.5. The number of nitrogens with one attached hydrogen (secondary N) is 1. The van der Waals surface area contributed by atoms with Crippen LogP contribution in [0.1, 0.15) is 6.92 Å². The second kappa shape index (κ2) is 4.92. The molecule has 3 aromatic rings. The van der Waals surface area contributed by atoms with Gasteiger partial charge in [0.2, 0.25) is 11.8 Å². The Kier molecular flexibility index (Phi) is 2.96. The van der Waals surface area contributed by atoms with Gasteiger partial charge in [0.05, 0.1) is 0 Å². The largest absolute Gasteiger partial charge is 0.437 e. The molecule has 3 rings (SSSR count). The third-order valence-electron chi connectivity index (χ3n) is 2.42. The number of carbonyl (C=O) groups excluding carboxylic acids is 1. The quantitative estimate of drug-likeness (QED) is 0.770. The SMILES string of the molecule is CC(=O)Nc1cccc(Oc2ccc3nnnn3n2)c1. The number of benzene rings is 1. The topological polar surface area (TPSA) is 94.3 Å². The maximum atomic E-state index is 11.0. The second-order valence-electron chi connectivity index (χ2n) is 4.01. The van der Waals surface area contributed by atoms with Crippen LogP contribution >= 0.6 is 0 Å². The molecule has 0 unspecified atom stereocenters. The van der Waals surface area contributed by atoms with Crippen molar-refractivity contribution in [1.82, 2.24) is 25.3 Å². The van der Waals surface area contributed by atoms with Crippen molar-refractivity contribution in [2.24, 2.45) is 0 Å². The van der Waals surface area contributed by atoms with Gasteiger partial charge in [-0.2, -0.15) is 0 Å². The molecule has 0 atom stereocenters. The van der Waals surface area contributed by atoms with E-state index in [9.17, 15) is 4.79 Å². The Morgan fingerprint density at radius 3 is 3.05 bits per heavy atom. The minimum Gasteiger partial charge on any atom is -0.437 e. The number of fused-ring (bicyclic) bond motifs is 1. The fourth-order valence-electron chi connectivity index (χ4n) is 1.65. The van der Waals surface area contributed by atoms with Gasteiger partial charge in [-0.3, -0.25) is 4.79 Å². The zero-order chi connectivity index (χ0) is 13.9. The predicted octanol–water partition coefficient (Wildman–Crippen LogP) is 1.27. The van der Waals surface area contributed by atoms with E-state index in [0.29, 0.717) is 23.0 Å². The Hall–Kier alpha value is -3.03. The van der Waals surface area contributed by atoms with Crippen LogP contribution in [0, 0.1) is 0 Å². The van der Waals surface area contributed by atoms with E-state index in [1.54, 1.807) is 36.4 Å². The number of amides is 1. The summed E-state index contributed by atoms with van der Waals surface area (Å²) in [5, 5.41) is 17.7. The molecule has 8 heteroatoms. The molecule has 0 radical (unpaired) electrons. The highest BCUT2D eigenvalue weighted by Crippen LogP contribution is 2.22. The highest BCUT2D eigenvalue weighted by Gasteiger charge is 2.04. The minimum atomic E-state index is -0.143. The molecule has 20 heavy (non-hydrogen) atoms. The summed E-state index contributed by atoms with van der Waals surface area (Å²) >= 11 is 0. The van der Waals surface area contributed by atoms with Crippen LogP contribution in [0.4, 0.5) is 5.69 Å². The lowest BCUT2D eigenvalue weighted by Crippen LogP contribution is -2.05. The summed E-state index contributed by atoms with van der Waals surface area (Å²) in [6, 6.07) is 10.4. The maximum absolute atomic E-state index is 11.0. The first-order valence-corrected chi connectivity index (χ1v) is 5.82. The molecule has 0 aliphatic rings. The molecule has 100 valence electrons. The Balaban J connectivity index is 1.84. The van der Waals surface area contributed by atoms with Gasteiger partial charge in [-0.25, -0.2) is 0 Å². The van der Waals surface area contributed by atoms with Gasteiger partial charge in [0.1, 0.15) is 5.75 Å². The molecule has 0 saturated carbocycles. The van der Waals surface area contributed by atoms with E-state index >= 15 is 0 Å². The average Bonchev–Trinajstić information content (AvgIpc) is 2.85. The fourth-order valence-corrected chi connectivity index (χ4v) is 1.65. The molecule has 0 aliphatic carbocycles. The number of nitrogens with zero attached hydrogens (tertiary/aromatic N) is 5. The van der Waals surface area contributed by atoms with Crippen molar-refractivity contribution in [2.45, 2.75) is 6.92 Å². The predicted molar refractivity (Wildman–Crippen MR) is 69.4 cm³/mol. The lowest BCUT2D eigenvalue weighted by Gasteiger charge is -2.06. The van der Waals surface area contributed by atoms with Crippen LogP contribution in [-0.2, 0) is 4.79 Å². The van der Waals surface area contributed by atoms with Gasteiger partial charge in [-0.05, 0) is 28.6 Å². The number of aromatic nitrogens is 5. The molecular weight excluding hydrogens is 260 g/mol. The summed E-state index contributed by atoms with van der Waals surface area (Å²) < 4.78 is 6.87. The van der Waals surface area contributed by atoms with E-state index in [1.807, 2.05) is 0 Å². The zero-order valence-corrected chi connectivity index (χ0v) is 10.5. The number of ether oxygens (including phenoxy) is 1. The van der Waals surface area contributed by atoms with Crippen LogP contribution in [0.3, 0.4) is 0 Å². The molecule has 1 N–H and O–H groups in total. The molecule has 8 nitrogen and oxygen atoms in total. The molecule has 2 heterocycles. The number of hydrogen-bond acceptors (Lipinski definition) is 6. The third kappa shape index (κ3) is 2.53. The van der Waals surface area contributed by atoms with E-state index in [1.165, 1.54) is 11.6 Å². The van der Waals surface area contributed by atoms with Gasteiger partial charge in [0.25, 0.3) is 0 Å². The molecule has 0 aliphatic heterocycles. The molecule has 0 bridgehead atoms. The molecule has 1 amide bonds. The van der Waals surface area contributed by atoms with Crippen LogP contribution in [0.5, 0.6) is 11.6 Å². The van der Waals surface area contributed by atoms with Gasteiger partial charge in [0.15, 0.2) is 5.65 Å². The van der Waals surface area contributed by atoms with Crippen LogP contribution in [-0.4, -0.2) is 31.2 Å². The van der Waals surface area contributed by atoms with E-state index in [-0.39, 0.29) is 5.91 Å². The van der Waals surface area contributed by atoms with Crippen molar-refractivity contribution >= 4 is 17.2 Å². The van der Waals surface area contributed by atoms with Gasteiger partial charge < -0.3 is 10.1 Å². The average molecular weight is 270 g/mol. The smallest absolute Gasteiger partial charge is 0.239 e. The van der Waals surface area contributed by atoms with Crippen molar-refractivity contribution < 1.29 is 9.53 Å². The van der Waals surface area contributed by atoms with Crippen molar-refractivity contribution in [3.8, 4) is 11.6 Å². The lowest BCUT2D eigenvalue weighted by atomic mass is 10.3. The molecule has 1 aromatic carbocycles. The highest BCUT2D eigenvalue weighted by molar-refractivity contribution is 5.88. The van der Waals surface area contributed by atoms with Crippen molar-refractivity contribution in [2.75, 3.05) is 5.32 Å². The van der Waals surface area contributed by atoms with Crippen LogP contribution in [0.15, 0.2) is 36.4 Å². The first kappa shape index (κ1) is 12.0. The van der Waals surface area contributed by atoms with Gasteiger partial charge >= 0.3 is 0 Å². The van der Waals surface area contributed by atoms with Crippen molar-refractivity contribution in [1.29, 1.82) is 0 Å². The van der Waals surface area contributed by atoms with E-state index < -0.39 is 0 Å². The summed E-state index contributed by atoms with van der Waals surface area (Å²) in [5.41, 5.74) is 1.18. The highest BCUT2D eigenvalue weighted by atomic mass is 16.5. The van der Waals surface area contributed by atoms with Gasteiger partial charge in [-0.1, -0.05) is 6.07 Å². The summed E-state index contributed by atoms with van der Waals surface area (Å²) in [6.45, 7) is 1.45. The molecular formula is C12H10N6O2. The molecule has 0 fully saturated rings. The number of hydrogen-bond donors (Lipinski definition) is 1. The van der Waals surface area contributed by atoms with E-state index in [2.05, 4.69) is 25.9 Å². The third-order valence-corrected chi connectivity index (χ3v) is 2.42. The summed E-state index contributed by atoms with van der Waals surface area (Å²) in [5.74, 6) is 0.760. The summed E-state index contributed by atoms with van der Waals surface area (Å²) in [6.07, 6.45) is 0. The number of anilines is 1. The van der Waals surface area contributed by atoms with Gasteiger partial charge in [0, 0.05) is 24.7 Å². The molecule has 0 saturated heterocycles.